The molecule has 12 rings (SSSR count). The molecule has 0 radical (unpaired) electrons. The van der Waals surface area contributed by atoms with Gasteiger partial charge in [0.25, 0.3) is 0 Å². The van der Waals surface area contributed by atoms with Gasteiger partial charge in [-0.05, 0) is 116 Å². The second kappa shape index (κ2) is 14.5. The van der Waals surface area contributed by atoms with E-state index in [-0.39, 0.29) is 0 Å². The predicted molar refractivity (Wildman–Crippen MR) is 261 cm³/mol. The number of thiophene rings is 1. The lowest BCUT2D eigenvalue weighted by molar-refractivity contribution is 0.669. The molecule has 286 valence electrons. The molecule has 10 aromatic carbocycles. The molecule has 2 aromatic heterocycles. The first-order chi connectivity index (χ1) is 30.2. The van der Waals surface area contributed by atoms with E-state index < -0.39 is 0 Å². The Labute approximate surface area is 357 Å². The SMILES string of the molecule is c1ccc(-c2ccc3ccccc3c2)c(-c2ccc(N(c3ccc(-c4ccc5c(c4)sc4ccccc45)cc3)c3ccccc3-c3ccc4c(c3)oc3ccccc34)cc2)c1. The average molecular weight is 796 g/mol. The summed E-state index contributed by atoms with van der Waals surface area (Å²) in [4.78, 5) is 2.39. The summed E-state index contributed by atoms with van der Waals surface area (Å²) >= 11 is 1.86. The van der Waals surface area contributed by atoms with Gasteiger partial charge in [0.15, 0.2) is 0 Å². The van der Waals surface area contributed by atoms with E-state index in [9.17, 15) is 0 Å². The van der Waals surface area contributed by atoms with Crippen LogP contribution in [0.2, 0.25) is 0 Å². The Morgan fingerprint density at radius 2 is 0.852 bits per heavy atom. The maximum absolute atomic E-state index is 6.39. The van der Waals surface area contributed by atoms with Crippen molar-refractivity contribution in [1.29, 1.82) is 0 Å². The topological polar surface area (TPSA) is 16.4 Å². The Hall–Kier alpha value is -7.72. The summed E-state index contributed by atoms with van der Waals surface area (Å²) in [5, 5.41) is 7.38. The normalized spacial score (nSPS) is 11.6. The van der Waals surface area contributed by atoms with Crippen molar-refractivity contribution in [2.24, 2.45) is 0 Å². The first-order valence-electron chi connectivity index (χ1n) is 20.7. The van der Waals surface area contributed by atoms with Gasteiger partial charge in [-0.2, -0.15) is 0 Å². The minimum atomic E-state index is 0.884. The van der Waals surface area contributed by atoms with Gasteiger partial charge in [-0.15, -0.1) is 11.3 Å². The van der Waals surface area contributed by atoms with Crippen LogP contribution in [0.4, 0.5) is 17.1 Å². The van der Waals surface area contributed by atoms with Gasteiger partial charge in [-0.3, -0.25) is 0 Å². The fraction of sp³-hybridized carbons (Fsp3) is 0. The van der Waals surface area contributed by atoms with Crippen molar-refractivity contribution in [3.8, 4) is 44.5 Å². The van der Waals surface area contributed by atoms with E-state index >= 15 is 0 Å². The number of benzene rings is 10. The molecule has 0 saturated heterocycles. The van der Waals surface area contributed by atoms with Crippen LogP contribution in [0, 0.1) is 0 Å². The summed E-state index contributed by atoms with van der Waals surface area (Å²) in [5.41, 5.74) is 14.4. The van der Waals surface area contributed by atoms with Gasteiger partial charge in [0, 0.05) is 47.9 Å². The van der Waals surface area contributed by atoms with Gasteiger partial charge in [-0.1, -0.05) is 158 Å². The van der Waals surface area contributed by atoms with Gasteiger partial charge >= 0.3 is 0 Å². The molecule has 0 aliphatic heterocycles. The summed E-state index contributed by atoms with van der Waals surface area (Å²) in [6, 6.07) is 81.3. The zero-order valence-corrected chi connectivity index (χ0v) is 33.9. The molecule has 61 heavy (non-hydrogen) atoms. The van der Waals surface area contributed by atoms with Crippen LogP contribution in [0.5, 0.6) is 0 Å². The van der Waals surface area contributed by atoms with Crippen LogP contribution in [-0.4, -0.2) is 0 Å². The smallest absolute Gasteiger partial charge is 0.136 e. The fourth-order valence-corrected chi connectivity index (χ4v) is 10.2. The first kappa shape index (κ1) is 35.2. The third-order valence-electron chi connectivity index (χ3n) is 12.1. The molecule has 0 saturated carbocycles. The molecule has 0 bridgehead atoms. The minimum absolute atomic E-state index is 0.884. The Bertz CT molecular complexity index is 3590. The number of hydrogen-bond donors (Lipinski definition) is 0. The van der Waals surface area contributed by atoms with Crippen molar-refractivity contribution in [2.75, 3.05) is 4.90 Å². The largest absolute Gasteiger partial charge is 0.456 e. The maximum atomic E-state index is 6.39. The van der Waals surface area contributed by atoms with Gasteiger partial charge in [0.1, 0.15) is 11.2 Å². The van der Waals surface area contributed by atoms with Gasteiger partial charge in [0.2, 0.25) is 0 Å². The molecule has 0 aliphatic carbocycles. The number of rotatable bonds is 7. The molecule has 0 N–H and O–H groups in total. The first-order valence-corrected chi connectivity index (χ1v) is 21.5. The highest BCUT2D eigenvalue weighted by Gasteiger charge is 2.19. The summed E-state index contributed by atoms with van der Waals surface area (Å²) < 4.78 is 9.02. The van der Waals surface area contributed by atoms with Crippen molar-refractivity contribution >= 4 is 81.3 Å². The van der Waals surface area contributed by atoms with Crippen LogP contribution in [0.1, 0.15) is 0 Å². The number of fused-ring (bicyclic) bond motifs is 7. The Balaban J connectivity index is 0.966. The van der Waals surface area contributed by atoms with Crippen LogP contribution in [0.15, 0.2) is 229 Å². The quantitative estimate of drug-likeness (QED) is 0.160. The third-order valence-corrected chi connectivity index (χ3v) is 13.2. The Morgan fingerprint density at radius 1 is 0.311 bits per heavy atom. The van der Waals surface area contributed by atoms with E-state index in [1.165, 1.54) is 64.3 Å². The van der Waals surface area contributed by atoms with E-state index in [2.05, 4.69) is 217 Å². The highest BCUT2D eigenvalue weighted by atomic mass is 32.1. The number of hydrogen-bond acceptors (Lipinski definition) is 3. The lowest BCUT2D eigenvalue weighted by Gasteiger charge is -2.28. The minimum Gasteiger partial charge on any atom is -0.456 e. The summed E-state index contributed by atoms with van der Waals surface area (Å²) in [6.45, 7) is 0. The summed E-state index contributed by atoms with van der Waals surface area (Å²) in [6.07, 6.45) is 0. The molecular formula is C58H37NOS. The second-order valence-corrected chi connectivity index (χ2v) is 16.8. The molecule has 2 nitrogen and oxygen atoms in total. The highest BCUT2D eigenvalue weighted by Crippen LogP contribution is 2.44. The highest BCUT2D eigenvalue weighted by molar-refractivity contribution is 7.25. The van der Waals surface area contributed by atoms with Crippen LogP contribution in [-0.2, 0) is 0 Å². The van der Waals surface area contributed by atoms with Gasteiger partial charge in [0.05, 0.1) is 5.69 Å². The monoisotopic (exact) mass is 795 g/mol. The van der Waals surface area contributed by atoms with Crippen LogP contribution in [0.3, 0.4) is 0 Å². The molecule has 0 amide bonds. The zero-order valence-electron chi connectivity index (χ0n) is 33.1. The van der Waals surface area contributed by atoms with Crippen LogP contribution in [0.25, 0.3) is 97.4 Å². The molecule has 0 aliphatic rings. The fourth-order valence-electron chi connectivity index (χ4n) is 9.08. The van der Waals surface area contributed by atoms with Crippen LogP contribution < -0.4 is 4.90 Å². The second-order valence-electron chi connectivity index (χ2n) is 15.7. The van der Waals surface area contributed by atoms with Crippen molar-refractivity contribution in [3.63, 3.8) is 0 Å². The predicted octanol–water partition coefficient (Wildman–Crippen LogP) is 17.2. The number of para-hydroxylation sites is 2. The van der Waals surface area contributed by atoms with Crippen molar-refractivity contribution in [3.05, 3.63) is 224 Å². The Kier molecular flexibility index (Phi) is 8.39. The molecule has 0 atom stereocenters. The van der Waals surface area contributed by atoms with E-state index in [0.717, 1.165) is 50.1 Å². The summed E-state index contributed by atoms with van der Waals surface area (Å²) in [7, 11) is 0. The van der Waals surface area contributed by atoms with E-state index in [1.807, 2.05) is 23.5 Å². The molecule has 3 heteroatoms. The standard InChI is InChI=1S/C58H37NOS/c1-2-12-41-35-43(22-21-38(41)11-1)48-14-4-3-13-47(48)40-25-31-46(32-26-40)59(45-29-23-39(24-30-45)42-27-34-53-52-17-7-10-20-57(52)61-58(53)37-42)54-18-8-5-15-49(54)44-28-33-51-50-16-6-9-19-55(50)60-56(51)36-44/h1-37H. The molecule has 2 heterocycles. The van der Waals surface area contributed by atoms with Crippen molar-refractivity contribution < 1.29 is 4.42 Å². The van der Waals surface area contributed by atoms with Gasteiger partial charge < -0.3 is 9.32 Å². The average Bonchev–Trinajstić information content (AvgIpc) is 3.90. The molecule has 12 aromatic rings. The van der Waals surface area contributed by atoms with Crippen molar-refractivity contribution in [2.45, 2.75) is 0 Å². The number of anilines is 3. The molecule has 0 fully saturated rings. The van der Waals surface area contributed by atoms with Crippen molar-refractivity contribution in [1.82, 2.24) is 0 Å². The van der Waals surface area contributed by atoms with E-state index in [1.54, 1.807) is 0 Å². The molecule has 0 spiro atoms. The maximum Gasteiger partial charge on any atom is 0.136 e. The third kappa shape index (κ3) is 6.18. The molecule has 0 unspecified atom stereocenters. The van der Waals surface area contributed by atoms with Crippen LogP contribution >= 0.6 is 11.3 Å². The van der Waals surface area contributed by atoms with Gasteiger partial charge in [-0.25, -0.2) is 0 Å². The zero-order chi connectivity index (χ0) is 40.3. The lowest BCUT2D eigenvalue weighted by atomic mass is 9.93. The van der Waals surface area contributed by atoms with E-state index in [4.69, 9.17) is 4.42 Å². The molecular weight excluding hydrogens is 759 g/mol. The van der Waals surface area contributed by atoms with E-state index in [0.29, 0.717) is 0 Å². The Morgan fingerprint density at radius 3 is 1.67 bits per heavy atom. The lowest BCUT2D eigenvalue weighted by Crippen LogP contribution is -2.11. The number of furan rings is 1. The number of nitrogens with zero attached hydrogens (tertiary/aromatic N) is 1. The summed E-state index contributed by atoms with van der Waals surface area (Å²) in [5.74, 6) is 0.